The Kier molecular flexibility index (Phi) is 9.60. The second kappa shape index (κ2) is 11.5. The number of guanidine groups is 1. The van der Waals surface area contributed by atoms with Gasteiger partial charge in [-0.1, -0.05) is 18.2 Å². The zero-order valence-corrected chi connectivity index (χ0v) is 16.7. The van der Waals surface area contributed by atoms with E-state index in [9.17, 15) is 4.79 Å². The Morgan fingerprint density at radius 1 is 1.16 bits per heavy atom. The summed E-state index contributed by atoms with van der Waals surface area (Å²) in [6.45, 7) is 5.79. The molecule has 0 unspecified atom stereocenters. The van der Waals surface area contributed by atoms with Crippen LogP contribution in [-0.4, -0.2) is 36.5 Å². The van der Waals surface area contributed by atoms with Gasteiger partial charge in [0.05, 0.1) is 6.54 Å². The van der Waals surface area contributed by atoms with Crippen molar-refractivity contribution in [2.75, 3.05) is 19.6 Å². The predicted molar refractivity (Wildman–Crippen MR) is 109 cm³/mol. The van der Waals surface area contributed by atoms with Gasteiger partial charge in [0.25, 0.3) is 0 Å². The van der Waals surface area contributed by atoms with Crippen LogP contribution < -0.4 is 16.0 Å². The van der Waals surface area contributed by atoms with E-state index in [0.29, 0.717) is 31.5 Å². The molecule has 0 aliphatic heterocycles. The predicted octanol–water partition coefficient (Wildman–Crippen LogP) is 2.15. The molecule has 2 rings (SSSR count). The number of rotatable bonds is 7. The summed E-state index contributed by atoms with van der Waals surface area (Å²) in [4.78, 5) is 19.8. The molecule has 1 aromatic carbocycles. The molecule has 0 fully saturated rings. The molecular formula is C17H24IN5O2. The highest BCUT2D eigenvalue weighted by atomic mass is 127. The largest absolute Gasteiger partial charge is 0.444 e. The summed E-state index contributed by atoms with van der Waals surface area (Å²) in [7, 11) is 0. The molecule has 0 saturated carbocycles. The zero-order valence-electron chi connectivity index (χ0n) is 14.4. The summed E-state index contributed by atoms with van der Waals surface area (Å²) in [5, 5.41) is 9.02. The molecule has 2 aromatic rings. The second-order valence-corrected chi connectivity index (χ2v) is 5.11. The molecule has 25 heavy (non-hydrogen) atoms. The molecule has 0 atom stereocenters. The van der Waals surface area contributed by atoms with E-state index in [-0.39, 0.29) is 29.9 Å². The third-order valence-corrected chi connectivity index (χ3v) is 3.11. The molecule has 0 saturated heterocycles. The van der Waals surface area contributed by atoms with E-state index in [0.717, 1.165) is 17.8 Å². The Hall–Kier alpha value is -2.10. The maximum absolute atomic E-state index is 10.8. The molecule has 1 amide bonds. The van der Waals surface area contributed by atoms with E-state index >= 15 is 0 Å². The minimum atomic E-state index is -0.0465. The van der Waals surface area contributed by atoms with Crippen LogP contribution >= 0.6 is 24.0 Å². The number of aliphatic imine (C=N–C) groups is 1. The van der Waals surface area contributed by atoms with E-state index in [1.165, 1.54) is 6.92 Å². The standard InChI is InChI=1S/C17H23N5O2.HI/c1-3-18-17(20-10-9-19-13(2)23)21-11-15-12-24-16(22-15)14-7-5-4-6-8-14;/h4-8,12H,3,9-11H2,1-2H3,(H,19,23)(H2,18,20,21);1H. The van der Waals surface area contributed by atoms with Gasteiger partial charge in [0.1, 0.15) is 12.0 Å². The van der Waals surface area contributed by atoms with Crippen LogP contribution in [0.4, 0.5) is 0 Å². The van der Waals surface area contributed by atoms with Gasteiger partial charge in [-0.2, -0.15) is 0 Å². The van der Waals surface area contributed by atoms with Crippen LogP contribution in [0.2, 0.25) is 0 Å². The topological polar surface area (TPSA) is 91.6 Å². The monoisotopic (exact) mass is 457 g/mol. The fourth-order valence-electron chi connectivity index (χ4n) is 2.01. The lowest BCUT2D eigenvalue weighted by atomic mass is 10.2. The number of benzene rings is 1. The van der Waals surface area contributed by atoms with Crippen molar-refractivity contribution in [2.24, 2.45) is 4.99 Å². The minimum absolute atomic E-state index is 0. The van der Waals surface area contributed by atoms with Gasteiger partial charge in [-0.05, 0) is 19.1 Å². The number of carbonyl (C=O) groups excluding carboxylic acids is 1. The Balaban J connectivity index is 0.00000312. The van der Waals surface area contributed by atoms with Crippen molar-refractivity contribution in [3.8, 4) is 11.5 Å². The lowest BCUT2D eigenvalue weighted by Gasteiger charge is -2.10. The summed E-state index contributed by atoms with van der Waals surface area (Å²) in [5.74, 6) is 1.21. The van der Waals surface area contributed by atoms with E-state index in [1.54, 1.807) is 6.26 Å². The van der Waals surface area contributed by atoms with E-state index in [1.807, 2.05) is 37.3 Å². The van der Waals surface area contributed by atoms with Gasteiger partial charge in [-0.25, -0.2) is 9.98 Å². The smallest absolute Gasteiger partial charge is 0.226 e. The highest BCUT2D eigenvalue weighted by Gasteiger charge is 2.06. The van der Waals surface area contributed by atoms with Gasteiger partial charge in [-0.15, -0.1) is 24.0 Å². The molecule has 1 heterocycles. The number of carbonyl (C=O) groups is 1. The molecule has 0 spiro atoms. The molecule has 8 heteroatoms. The Labute approximate surface area is 164 Å². The quantitative estimate of drug-likeness (QED) is 0.257. The number of hydrogen-bond donors (Lipinski definition) is 3. The van der Waals surface area contributed by atoms with Gasteiger partial charge in [0.15, 0.2) is 5.96 Å². The first-order chi connectivity index (χ1) is 11.7. The average molecular weight is 457 g/mol. The number of amides is 1. The van der Waals surface area contributed by atoms with Crippen LogP contribution in [0.15, 0.2) is 46.0 Å². The van der Waals surface area contributed by atoms with Crippen LogP contribution in [0, 0.1) is 0 Å². The van der Waals surface area contributed by atoms with Crippen molar-refractivity contribution in [1.82, 2.24) is 20.9 Å². The molecule has 0 aliphatic rings. The molecule has 0 bridgehead atoms. The maximum Gasteiger partial charge on any atom is 0.226 e. The van der Waals surface area contributed by atoms with E-state index < -0.39 is 0 Å². The highest BCUT2D eigenvalue weighted by Crippen LogP contribution is 2.18. The average Bonchev–Trinajstić information content (AvgIpc) is 3.06. The Morgan fingerprint density at radius 2 is 1.88 bits per heavy atom. The number of nitrogens with zero attached hydrogens (tertiary/aromatic N) is 2. The fraction of sp³-hybridized carbons (Fsp3) is 0.353. The van der Waals surface area contributed by atoms with Gasteiger partial charge in [0.2, 0.25) is 11.8 Å². The Bertz CT molecular complexity index is 673. The molecule has 1 aromatic heterocycles. The van der Waals surface area contributed by atoms with Gasteiger partial charge >= 0.3 is 0 Å². The van der Waals surface area contributed by atoms with Crippen LogP contribution in [0.25, 0.3) is 11.5 Å². The number of nitrogens with one attached hydrogen (secondary N) is 3. The van der Waals surface area contributed by atoms with Gasteiger partial charge < -0.3 is 20.4 Å². The third-order valence-electron chi connectivity index (χ3n) is 3.11. The maximum atomic E-state index is 10.8. The van der Waals surface area contributed by atoms with E-state index in [2.05, 4.69) is 25.9 Å². The SMILES string of the molecule is CCNC(=NCc1coc(-c2ccccc2)n1)NCCNC(C)=O.I. The normalized spacial score (nSPS) is 10.7. The molecule has 136 valence electrons. The van der Waals surface area contributed by atoms with Crippen molar-refractivity contribution < 1.29 is 9.21 Å². The molecule has 0 aliphatic carbocycles. The number of hydrogen-bond acceptors (Lipinski definition) is 4. The summed E-state index contributed by atoms with van der Waals surface area (Å²) >= 11 is 0. The fourth-order valence-corrected chi connectivity index (χ4v) is 2.01. The first-order valence-corrected chi connectivity index (χ1v) is 7.95. The van der Waals surface area contributed by atoms with Crippen LogP contribution in [0.1, 0.15) is 19.5 Å². The lowest BCUT2D eigenvalue weighted by molar-refractivity contribution is -0.118. The van der Waals surface area contributed by atoms with Crippen LogP contribution in [0.5, 0.6) is 0 Å². The first kappa shape index (κ1) is 20.9. The van der Waals surface area contributed by atoms with Crippen molar-refractivity contribution in [3.05, 3.63) is 42.3 Å². The summed E-state index contributed by atoms with van der Waals surface area (Å²) in [6, 6.07) is 9.74. The van der Waals surface area contributed by atoms with Crippen molar-refractivity contribution in [3.63, 3.8) is 0 Å². The summed E-state index contributed by atoms with van der Waals surface area (Å²) in [6.07, 6.45) is 1.62. The summed E-state index contributed by atoms with van der Waals surface area (Å²) in [5.41, 5.74) is 1.70. The number of halogens is 1. The van der Waals surface area contributed by atoms with Gasteiger partial charge in [-0.3, -0.25) is 4.79 Å². The van der Waals surface area contributed by atoms with Crippen LogP contribution in [0.3, 0.4) is 0 Å². The van der Waals surface area contributed by atoms with Crippen LogP contribution in [-0.2, 0) is 11.3 Å². The molecular weight excluding hydrogens is 433 g/mol. The van der Waals surface area contributed by atoms with Crippen molar-refractivity contribution in [1.29, 1.82) is 0 Å². The van der Waals surface area contributed by atoms with E-state index in [4.69, 9.17) is 4.42 Å². The van der Waals surface area contributed by atoms with Crippen molar-refractivity contribution in [2.45, 2.75) is 20.4 Å². The lowest BCUT2D eigenvalue weighted by Crippen LogP contribution is -2.41. The second-order valence-electron chi connectivity index (χ2n) is 5.11. The number of oxazole rings is 1. The third kappa shape index (κ3) is 7.55. The zero-order chi connectivity index (χ0) is 17.2. The first-order valence-electron chi connectivity index (χ1n) is 7.95. The highest BCUT2D eigenvalue weighted by molar-refractivity contribution is 14.0. The number of aromatic nitrogens is 1. The molecule has 3 N–H and O–H groups in total. The molecule has 0 radical (unpaired) electrons. The van der Waals surface area contributed by atoms with Crippen molar-refractivity contribution >= 4 is 35.8 Å². The minimum Gasteiger partial charge on any atom is -0.444 e. The summed E-state index contributed by atoms with van der Waals surface area (Å²) < 4.78 is 5.50. The molecule has 7 nitrogen and oxygen atoms in total. The Morgan fingerprint density at radius 3 is 2.56 bits per heavy atom. The van der Waals surface area contributed by atoms with Gasteiger partial charge in [0, 0.05) is 32.1 Å².